The number of amides is 2. The lowest BCUT2D eigenvalue weighted by molar-refractivity contribution is -0.145. The number of ether oxygens (including phenoxy) is 2. The Labute approximate surface area is 219 Å². The Balaban J connectivity index is 1.43. The van der Waals surface area contributed by atoms with Gasteiger partial charge < -0.3 is 19.7 Å². The summed E-state index contributed by atoms with van der Waals surface area (Å²) in [4.78, 5) is 43.7. The molecule has 1 aliphatic rings. The predicted molar refractivity (Wildman–Crippen MR) is 141 cm³/mol. The number of piperidine rings is 1. The van der Waals surface area contributed by atoms with E-state index in [1.807, 2.05) is 41.3 Å². The first-order valence-electron chi connectivity index (χ1n) is 13.2. The number of nitrogens with zero attached hydrogens (tertiary/aromatic N) is 2. The van der Waals surface area contributed by atoms with Crippen LogP contribution in [-0.2, 0) is 32.0 Å². The monoisotopic (exact) mass is 509 g/mol. The van der Waals surface area contributed by atoms with Crippen LogP contribution in [0.3, 0.4) is 0 Å². The Morgan fingerprint density at radius 1 is 1.11 bits per heavy atom. The van der Waals surface area contributed by atoms with Gasteiger partial charge in [0, 0.05) is 44.7 Å². The van der Waals surface area contributed by atoms with E-state index in [1.165, 1.54) is 7.11 Å². The molecule has 1 aromatic carbocycles. The molecule has 1 fully saturated rings. The van der Waals surface area contributed by atoms with Gasteiger partial charge in [-0.25, -0.2) is 4.79 Å². The van der Waals surface area contributed by atoms with Crippen LogP contribution >= 0.6 is 0 Å². The maximum atomic E-state index is 12.8. The first kappa shape index (κ1) is 28.2. The summed E-state index contributed by atoms with van der Waals surface area (Å²) in [6, 6.07) is 10.7. The number of aryl methyl sites for hydroxylation is 1. The maximum absolute atomic E-state index is 12.8. The zero-order valence-electron chi connectivity index (χ0n) is 22.0. The molecule has 8 heteroatoms. The zero-order chi connectivity index (χ0) is 26.5. The van der Waals surface area contributed by atoms with Crippen LogP contribution in [0.15, 0.2) is 48.8 Å². The number of likely N-dealkylation sites (tertiary alicyclic amines) is 1. The van der Waals surface area contributed by atoms with E-state index in [0.29, 0.717) is 45.4 Å². The van der Waals surface area contributed by atoms with Crippen LogP contribution < -0.4 is 10.1 Å². The molecule has 0 spiro atoms. The van der Waals surface area contributed by atoms with Gasteiger partial charge in [-0.1, -0.05) is 31.5 Å². The van der Waals surface area contributed by atoms with E-state index in [0.717, 1.165) is 42.6 Å². The first-order chi connectivity index (χ1) is 18.0. The molecule has 1 atom stereocenters. The van der Waals surface area contributed by atoms with Crippen LogP contribution in [0.2, 0.25) is 0 Å². The lowest BCUT2D eigenvalue weighted by Gasteiger charge is -2.32. The number of esters is 1. The highest BCUT2D eigenvalue weighted by molar-refractivity contribution is 5.84. The van der Waals surface area contributed by atoms with Gasteiger partial charge in [0.05, 0.1) is 13.7 Å². The van der Waals surface area contributed by atoms with E-state index in [1.54, 1.807) is 12.4 Å². The molecule has 3 rings (SSSR count). The lowest BCUT2D eigenvalue weighted by Crippen LogP contribution is -2.44. The van der Waals surface area contributed by atoms with Gasteiger partial charge in [-0.3, -0.25) is 14.6 Å². The van der Waals surface area contributed by atoms with E-state index >= 15 is 0 Å². The van der Waals surface area contributed by atoms with Crippen molar-refractivity contribution in [1.82, 2.24) is 15.2 Å². The lowest BCUT2D eigenvalue weighted by atomic mass is 9.92. The summed E-state index contributed by atoms with van der Waals surface area (Å²) in [6.07, 6.45) is 8.94. The molecule has 1 aromatic heterocycles. The number of unbranched alkanes of at least 4 members (excludes halogenated alkanes) is 1. The standard InChI is InChI=1S/C29H39N3O5/c1-3-4-18-37-25-10-7-22(8-11-25)19-26(29(35)36-2)31-27(33)20-23-13-16-32(17-14-23)28(34)12-9-24-6-5-15-30-21-24/h5-8,10-11,15,21,23,26H,3-4,9,12-14,16-20H2,1-2H3,(H,31,33)/t26-/m0/s1. The second-order valence-corrected chi connectivity index (χ2v) is 9.58. The number of pyridine rings is 1. The molecule has 1 N–H and O–H groups in total. The number of hydrogen-bond donors (Lipinski definition) is 1. The molecule has 0 aliphatic carbocycles. The SMILES string of the molecule is CCCCOc1ccc(C[C@H](NC(=O)CC2CCN(C(=O)CCc3cccnc3)CC2)C(=O)OC)cc1. The van der Waals surface area contributed by atoms with Crippen molar-refractivity contribution in [2.24, 2.45) is 5.92 Å². The summed E-state index contributed by atoms with van der Waals surface area (Å²) < 4.78 is 10.6. The number of carbonyl (C=O) groups excluding carboxylic acids is 3. The average Bonchev–Trinajstić information content (AvgIpc) is 2.93. The second-order valence-electron chi connectivity index (χ2n) is 9.58. The summed E-state index contributed by atoms with van der Waals surface area (Å²) in [5.41, 5.74) is 1.97. The summed E-state index contributed by atoms with van der Waals surface area (Å²) in [5.74, 6) is 0.471. The fourth-order valence-corrected chi connectivity index (χ4v) is 4.48. The minimum absolute atomic E-state index is 0.138. The quantitative estimate of drug-likeness (QED) is 0.327. The molecule has 1 aliphatic heterocycles. The summed E-state index contributed by atoms with van der Waals surface area (Å²) in [7, 11) is 1.33. The van der Waals surface area contributed by atoms with Gasteiger partial charge in [0.15, 0.2) is 0 Å². The molecule has 8 nitrogen and oxygen atoms in total. The van der Waals surface area contributed by atoms with Crippen molar-refractivity contribution in [3.05, 3.63) is 59.9 Å². The average molecular weight is 510 g/mol. The van der Waals surface area contributed by atoms with Gasteiger partial charge in [-0.15, -0.1) is 0 Å². The van der Waals surface area contributed by atoms with Crippen molar-refractivity contribution in [3.63, 3.8) is 0 Å². The number of aromatic nitrogens is 1. The Bertz CT molecular complexity index is 988. The van der Waals surface area contributed by atoms with E-state index in [-0.39, 0.29) is 17.7 Å². The van der Waals surface area contributed by atoms with Gasteiger partial charge >= 0.3 is 5.97 Å². The van der Waals surface area contributed by atoms with Crippen LogP contribution in [-0.4, -0.2) is 60.5 Å². The molecule has 37 heavy (non-hydrogen) atoms. The molecule has 1 saturated heterocycles. The van der Waals surface area contributed by atoms with Crippen LogP contribution in [0, 0.1) is 5.92 Å². The van der Waals surface area contributed by atoms with Gasteiger partial charge in [0.25, 0.3) is 0 Å². The Morgan fingerprint density at radius 3 is 2.51 bits per heavy atom. The van der Waals surface area contributed by atoms with E-state index in [2.05, 4.69) is 17.2 Å². The zero-order valence-corrected chi connectivity index (χ0v) is 22.0. The van der Waals surface area contributed by atoms with E-state index < -0.39 is 12.0 Å². The minimum Gasteiger partial charge on any atom is -0.494 e. The third-order valence-corrected chi connectivity index (χ3v) is 6.74. The topological polar surface area (TPSA) is 97.8 Å². The fourth-order valence-electron chi connectivity index (χ4n) is 4.48. The Kier molecular flexibility index (Phi) is 11.4. The normalized spacial score (nSPS) is 14.6. The fraction of sp³-hybridized carbons (Fsp3) is 0.517. The number of hydrogen-bond acceptors (Lipinski definition) is 6. The molecular formula is C29H39N3O5. The van der Waals surface area contributed by atoms with Crippen molar-refractivity contribution >= 4 is 17.8 Å². The number of rotatable bonds is 13. The van der Waals surface area contributed by atoms with Crippen LogP contribution in [0.4, 0.5) is 0 Å². The molecular weight excluding hydrogens is 470 g/mol. The molecule has 0 bridgehead atoms. The van der Waals surface area contributed by atoms with Crippen molar-refractivity contribution < 1.29 is 23.9 Å². The van der Waals surface area contributed by atoms with Gasteiger partial charge in [0.2, 0.25) is 11.8 Å². The highest BCUT2D eigenvalue weighted by atomic mass is 16.5. The molecule has 0 saturated carbocycles. The van der Waals surface area contributed by atoms with Crippen LogP contribution in [0.1, 0.15) is 56.6 Å². The Morgan fingerprint density at radius 2 is 1.86 bits per heavy atom. The molecule has 2 heterocycles. The number of nitrogens with one attached hydrogen (secondary N) is 1. The van der Waals surface area contributed by atoms with Gasteiger partial charge in [-0.2, -0.15) is 0 Å². The van der Waals surface area contributed by atoms with E-state index in [4.69, 9.17) is 9.47 Å². The third kappa shape index (κ3) is 9.52. The minimum atomic E-state index is -0.751. The smallest absolute Gasteiger partial charge is 0.328 e. The predicted octanol–water partition coefficient (Wildman–Crippen LogP) is 3.72. The first-order valence-corrected chi connectivity index (χ1v) is 13.2. The van der Waals surface area contributed by atoms with Gasteiger partial charge in [0.1, 0.15) is 11.8 Å². The highest BCUT2D eigenvalue weighted by Crippen LogP contribution is 2.22. The molecule has 0 unspecified atom stereocenters. The van der Waals surface area contributed by atoms with Crippen LogP contribution in [0.25, 0.3) is 0 Å². The molecule has 2 amide bonds. The molecule has 2 aromatic rings. The highest BCUT2D eigenvalue weighted by Gasteiger charge is 2.27. The second kappa shape index (κ2) is 15.0. The largest absolute Gasteiger partial charge is 0.494 e. The number of benzene rings is 1. The number of methoxy groups -OCH3 is 1. The van der Waals surface area contributed by atoms with Crippen molar-refractivity contribution in [1.29, 1.82) is 0 Å². The van der Waals surface area contributed by atoms with Crippen molar-refractivity contribution in [2.75, 3.05) is 26.8 Å². The Hall–Kier alpha value is -3.42. The summed E-state index contributed by atoms with van der Waals surface area (Å²) in [6.45, 7) is 4.09. The maximum Gasteiger partial charge on any atom is 0.328 e. The molecule has 0 radical (unpaired) electrons. The third-order valence-electron chi connectivity index (χ3n) is 6.74. The van der Waals surface area contributed by atoms with Crippen LogP contribution in [0.5, 0.6) is 5.75 Å². The molecule has 200 valence electrons. The number of carbonyl (C=O) groups is 3. The summed E-state index contributed by atoms with van der Waals surface area (Å²) >= 11 is 0. The van der Waals surface area contributed by atoms with Crippen molar-refractivity contribution in [2.45, 2.75) is 64.3 Å². The van der Waals surface area contributed by atoms with E-state index in [9.17, 15) is 14.4 Å². The van der Waals surface area contributed by atoms with Crippen molar-refractivity contribution in [3.8, 4) is 5.75 Å². The van der Waals surface area contributed by atoms with Gasteiger partial charge in [-0.05, 0) is 60.9 Å². The summed E-state index contributed by atoms with van der Waals surface area (Å²) in [5, 5.41) is 2.86.